The molecule has 6 heterocycles. The summed E-state index contributed by atoms with van der Waals surface area (Å²) in [5, 5.41) is 55.7. The quantitative estimate of drug-likeness (QED) is 0.0526. The minimum atomic E-state index is -1.05. The first-order chi connectivity index (χ1) is 37.9. The predicted molar refractivity (Wildman–Crippen MR) is 286 cm³/mol. The Hall–Kier alpha value is -10.1. The lowest BCUT2D eigenvalue weighted by Crippen LogP contribution is -2.44. The van der Waals surface area contributed by atoms with Crippen LogP contribution in [0.25, 0.3) is 33.2 Å². The third-order valence-electron chi connectivity index (χ3n) is 10.2. The SMILES string of the molecule is CC(C)(C)OC(=O)Cc1cc(Nc2ncc(F)c3nn(-c4c(Cl)cc([N+](=O)[O-])cc4C#N)cc23)ncn1.CC(C)(C)OC(=O)N(C(=O)OC(C)(C)C)c1cc(Nc2ncc(F)c3nn(-c4c(Cl)cc([N+](=O)[O-])cc4C#N)cc23)ncn1. The zero-order valence-electron chi connectivity index (χ0n) is 43.9. The molecule has 0 spiro atoms. The van der Waals surface area contributed by atoms with Crippen LogP contribution in [0.5, 0.6) is 0 Å². The van der Waals surface area contributed by atoms with E-state index in [2.05, 4.69) is 50.7 Å². The average molecular weight is 1150 g/mol. The number of nitrogens with zero attached hydrogens (tertiary/aromatic N) is 15. The van der Waals surface area contributed by atoms with Crippen LogP contribution in [-0.4, -0.2) is 94.3 Å². The van der Waals surface area contributed by atoms with E-state index in [4.69, 9.17) is 37.4 Å². The number of nitro benzene ring substituents is 2. The minimum absolute atomic E-state index is 0.0176. The van der Waals surface area contributed by atoms with E-state index in [1.54, 1.807) is 62.3 Å². The molecule has 416 valence electrons. The van der Waals surface area contributed by atoms with Gasteiger partial charge in [-0.05, 0) is 62.3 Å². The predicted octanol–water partition coefficient (Wildman–Crippen LogP) is 10.6. The van der Waals surface area contributed by atoms with Crippen molar-refractivity contribution in [2.75, 3.05) is 15.5 Å². The van der Waals surface area contributed by atoms with Gasteiger partial charge in [-0.1, -0.05) is 23.2 Å². The smallest absolute Gasteiger partial charge is 0.425 e. The molecule has 27 nitrogen and oxygen atoms in total. The van der Waals surface area contributed by atoms with Crippen molar-refractivity contribution in [3.63, 3.8) is 0 Å². The number of ether oxygens (including phenoxy) is 3. The van der Waals surface area contributed by atoms with Crippen LogP contribution >= 0.6 is 23.2 Å². The largest absolute Gasteiger partial charge is 0.460 e. The van der Waals surface area contributed by atoms with Crippen LogP contribution in [0.2, 0.25) is 10.0 Å². The molecule has 31 heteroatoms. The Balaban J connectivity index is 0.000000237. The van der Waals surface area contributed by atoms with Gasteiger partial charge in [-0.2, -0.15) is 25.6 Å². The van der Waals surface area contributed by atoms with Gasteiger partial charge in [0.15, 0.2) is 17.5 Å². The first-order valence-electron chi connectivity index (χ1n) is 23.4. The number of amides is 2. The topological polar surface area (TPSA) is 353 Å². The fraction of sp³-hybridized carbons (Fsp3) is 0.260. The normalized spacial score (nSPS) is 11.4. The molecular formula is C50H43Cl2F2N17O10. The van der Waals surface area contributed by atoms with Gasteiger partial charge in [0.2, 0.25) is 0 Å². The van der Waals surface area contributed by atoms with Gasteiger partial charge in [0.25, 0.3) is 11.4 Å². The maximum Gasteiger partial charge on any atom is 0.425 e. The molecule has 8 rings (SSSR count). The van der Waals surface area contributed by atoms with Gasteiger partial charge >= 0.3 is 18.2 Å². The highest BCUT2D eigenvalue weighted by Crippen LogP contribution is 2.35. The number of benzene rings is 2. The van der Waals surface area contributed by atoms with E-state index in [0.29, 0.717) is 10.6 Å². The molecule has 0 saturated carbocycles. The van der Waals surface area contributed by atoms with Crippen LogP contribution in [0.3, 0.4) is 0 Å². The van der Waals surface area contributed by atoms with Crippen LogP contribution in [0.15, 0.2) is 73.8 Å². The van der Waals surface area contributed by atoms with Gasteiger partial charge < -0.3 is 24.8 Å². The fourth-order valence-corrected chi connectivity index (χ4v) is 7.74. The number of nitriles is 2. The highest BCUT2D eigenvalue weighted by atomic mass is 35.5. The van der Waals surface area contributed by atoms with Crippen molar-refractivity contribution >= 4 is 104 Å². The van der Waals surface area contributed by atoms with Gasteiger partial charge in [0.05, 0.1) is 66.3 Å². The third kappa shape index (κ3) is 14.1. The second-order valence-electron chi connectivity index (χ2n) is 19.9. The summed E-state index contributed by atoms with van der Waals surface area (Å²) in [6.07, 6.45) is 4.67. The Morgan fingerprint density at radius 3 is 1.47 bits per heavy atom. The number of hydrogen-bond acceptors (Lipinski definition) is 22. The molecule has 0 bridgehead atoms. The zero-order valence-corrected chi connectivity index (χ0v) is 45.4. The highest BCUT2D eigenvalue weighted by Gasteiger charge is 2.34. The maximum atomic E-state index is 14.8. The summed E-state index contributed by atoms with van der Waals surface area (Å²) in [7, 11) is 0. The molecule has 2 amide bonds. The molecular weight excluding hydrogens is 1110 g/mol. The van der Waals surface area contributed by atoms with E-state index in [9.17, 15) is 53.9 Å². The molecule has 0 aliphatic carbocycles. The molecule has 0 aliphatic heterocycles. The first-order valence-corrected chi connectivity index (χ1v) is 24.2. The summed E-state index contributed by atoms with van der Waals surface area (Å²) >= 11 is 12.5. The zero-order chi connectivity index (χ0) is 59.5. The van der Waals surface area contributed by atoms with Crippen LogP contribution in [0.1, 0.15) is 79.1 Å². The van der Waals surface area contributed by atoms with Crippen molar-refractivity contribution in [1.82, 2.24) is 49.5 Å². The van der Waals surface area contributed by atoms with Crippen molar-refractivity contribution in [1.29, 1.82) is 10.5 Å². The molecule has 2 aromatic carbocycles. The summed E-state index contributed by atoms with van der Waals surface area (Å²) in [5.41, 5.74) is -3.50. The number of aromatic nitrogens is 10. The molecule has 6 aromatic heterocycles. The molecule has 8 aromatic rings. The number of nitro groups is 2. The minimum Gasteiger partial charge on any atom is -0.460 e. The van der Waals surface area contributed by atoms with Crippen molar-refractivity contribution in [3.8, 4) is 23.5 Å². The Kier molecular flexibility index (Phi) is 16.7. The van der Waals surface area contributed by atoms with Crippen molar-refractivity contribution in [2.24, 2.45) is 0 Å². The lowest BCUT2D eigenvalue weighted by Gasteiger charge is -2.28. The van der Waals surface area contributed by atoms with E-state index in [1.165, 1.54) is 30.9 Å². The number of anilines is 5. The number of rotatable bonds is 11. The van der Waals surface area contributed by atoms with Crippen molar-refractivity contribution in [3.05, 3.63) is 133 Å². The summed E-state index contributed by atoms with van der Waals surface area (Å²) in [6, 6.07) is 10.6. The number of nitrogens with one attached hydrogen (secondary N) is 2. The number of carbonyl (C=O) groups excluding carboxylic acids is 3. The molecule has 81 heavy (non-hydrogen) atoms. The molecule has 0 fully saturated rings. The van der Waals surface area contributed by atoms with E-state index < -0.39 is 62.1 Å². The number of halogens is 4. The molecule has 0 aliphatic rings. The number of hydrogen-bond donors (Lipinski definition) is 2. The summed E-state index contributed by atoms with van der Waals surface area (Å²) in [6.45, 7) is 15.0. The Morgan fingerprint density at radius 2 is 1.06 bits per heavy atom. The van der Waals surface area contributed by atoms with E-state index in [0.717, 1.165) is 52.4 Å². The Morgan fingerprint density at radius 1 is 0.642 bits per heavy atom. The van der Waals surface area contributed by atoms with Crippen LogP contribution in [0, 0.1) is 54.5 Å². The summed E-state index contributed by atoms with van der Waals surface area (Å²) in [5.74, 6) is -1.71. The Bertz CT molecular complexity index is 3910. The first kappa shape index (κ1) is 58.6. The van der Waals surface area contributed by atoms with Gasteiger partial charge in [-0.25, -0.2) is 57.6 Å². The maximum absolute atomic E-state index is 14.8. The number of imide groups is 1. The number of esters is 1. The second-order valence-corrected chi connectivity index (χ2v) is 20.7. The van der Waals surface area contributed by atoms with Gasteiger partial charge in [-0.15, -0.1) is 0 Å². The Labute approximate surface area is 466 Å². The van der Waals surface area contributed by atoms with E-state index in [1.807, 2.05) is 12.1 Å². The monoisotopic (exact) mass is 1150 g/mol. The highest BCUT2D eigenvalue weighted by molar-refractivity contribution is 6.33. The molecule has 0 radical (unpaired) electrons. The summed E-state index contributed by atoms with van der Waals surface area (Å²) in [4.78, 5) is 84.3. The molecule has 0 atom stereocenters. The third-order valence-corrected chi connectivity index (χ3v) is 10.8. The lowest BCUT2D eigenvalue weighted by atomic mass is 10.1. The van der Waals surface area contributed by atoms with Gasteiger partial charge in [0.1, 0.15) is 87.3 Å². The number of fused-ring (bicyclic) bond motifs is 2. The van der Waals surface area contributed by atoms with E-state index in [-0.39, 0.29) is 95.6 Å². The number of non-ortho nitro benzene ring substituents is 2. The molecule has 0 unspecified atom stereocenters. The van der Waals surface area contributed by atoms with Crippen LogP contribution in [-0.2, 0) is 25.4 Å². The lowest BCUT2D eigenvalue weighted by molar-refractivity contribution is -0.385. The molecule has 0 saturated heterocycles. The van der Waals surface area contributed by atoms with E-state index >= 15 is 0 Å². The summed E-state index contributed by atoms with van der Waals surface area (Å²) < 4.78 is 47.7. The van der Waals surface area contributed by atoms with Gasteiger partial charge in [-0.3, -0.25) is 25.0 Å². The van der Waals surface area contributed by atoms with Crippen molar-refractivity contribution < 1.29 is 47.2 Å². The van der Waals surface area contributed by atoms with Crippen LogP contribution < -0.4 is 15.5 Å². The molecule has 2 N–H and O–H groups in total. The van der Waals surface area contributed by atoms with Crippen LogP contribution in [0.4, 0.5) is 58.8 Å². The number of carbonyl (C=O) groups is 3. The van der Waals surface area contributed by atoms with Gasteiger partial charge in [0, 0.05) is 48.8 Å². The standard InChI is InChI=1S/C27H25ClFN9O6.C23H18ClFN8O4/c1-26(2,3)43-24(39)37(25(40)44-27(4,5)6)20-9-19(32-13-33-20)34-23-16-12-36(35-21(16)18(29)11-31-23)22-14(10-30)7-15(38(41)42)8-17(22)28;1-23(2,3)37-19(34)6-13-5-18(29-11-28-13)30-22-15-10-32(31-20(15)17(25)9-27-22)21-12(8-26)4-14(33(35)36)7-16(21)24/h7-9,11-13H,1-6H3,(H,31,32,33,34);4-5,7,9-11H,6H2,1-3H3,(H,27,28,29,30). The van der Waals surface area contributed by atoms with Crippen molar-refractivity contribution in [2.45, 2.75) is 85.5 Å². The second kappa shape index (κ2) is 23.1. The number of pyridine rings is 2. The fourth-order valence-electron chi connectivity index (χ4n) is 7.14. The average Bonchev–Trinajstić information content (AvgIpc) is 4.10.